The van der Waals surface area contributed by atoms with Gasteiger partial charge in [-0.25, -0.2) is 0 Å². The molecule has 3 rings (SSSR count). The highest BCUT2D eigenvalue weighted by Gasteiger charge is 2.40. The zero-order valence-electron chi connectivity index (χ0n) is 15.3. The van der Waals surface area contributed by atoms with Crippen molar-refractivity contribution in [2.24, 2.45) is 11.1 Å². The summed E-state index contributed by atoms with van der Waals surface area (Å²) in [6, 6.07) is 17.3. The fourth-order valence-corrected chi connectivity index (χ4v) is 3.22. The van der Waals surface area contributed by atoms with E-state index in [1.807, 2.05) is 68.4 Å². The molecule has 2 aromatic carbocycles. The first-order valence-corrected chi connectivity index (χ1v) is 9.16. The fraction of sp³-hybridized carbons (Fsp3) is 0.227. The van der Waals surface area contributed by atoms with Gasteiger partial charge in [0.05, 0.1) is 6.61 Å². The van der Waals surface area contributed by atoms with Crippen molar-refractivity contribution in [3.05, 3.63) is 83.4 Å². The average molecular weight is 384 g/mol. The Balaban J connectivity index is 1.79. The fourth-order valence-electron chi connectivity index (χ4n) is 3.00. The molecule has 140 valence electrons. The van der Waals surface area contributed by atoms with Gasteiger partial charge in [0.1, 0.15) is 22.8 Å². The van der Waals surface area contributed by atoms with Crippen LogP contribution in [0.3, 0.4) is 0 Å². The maximum Gasteiger partial charge on any atom is 0.136 e. The van der Waals surface area contributed by atoms with Crippen LogP contribution in [-0.4, -0.2) is 16.5 Å². The maximum absolute atomic E-state index is 9.43. The monoisotopic (exact) mass is 383 g/mol. The van der Waals surface area contributed by atoms with E-state index < -0.39 is 5.60 Å². The number of hydrogen-bond acceptors (Lipinski definition) is 4. The summed E-state index contributed by atoms with van der Waals surface area (Å²) in [5.74, 6) is 1.52. The van der Waals surface area contributed by atoms with Crippen LogP contribution in [0.15, 0.2) is 83.0 Å². The van der Waals surface area contributed by atoms with Gasteiger partial charge in [-0.2, -0.15) is 0 Å². The molecule has 1 N–H and O–H groups in total. The number of benzene rings is 2. The molecule has 1 unspecified atom stereocenters. The lowest BCUT2D eigenvalue weighted by atomic mass is 9.82. The average Bonchev–Trinajstić information content (AvgIpc) is 2.67. The lowest BCUT2D eigenvalue weighted by Gasteiger charge is -2.36. The molecule has 4 nitrogen and oxygen atoms in total. The SMILES string of the molecule is CC(C)C1(OCc2cccc(Oc3ccccc3)c2)C=C(Cl)C=C/C1=N\O. The van der Waals surface area contributed by atoms with Crippen molar-refractivity contribution in [1.82, 2.24) is 0 Å². The maximum atomic E-state index is 9.43. The molecule has 0 saturated carbocycles. The molecule has 27 heavy (non-hydrogen) atoms. The molecule has 1 aliphatic carbocycles. The van der Waals surface area contributed by atoms with Gasteiger partial charge < -0.3 is 14.7 Å². The van der Waals surface area contributed by atoms with Crippen molar-refractivity contribution in [3.63, 3.8) is 0 Å². The quantitative estimate of drug-likeness (QED) is 0.498. The largest absolute Gasteiger partial charge is 0.457 e. The molecule has 0 fully saturated rings. The first kappa shape index (κ1) is 19.2. The highest BCUT2D eigenvalue weighted by atomic mass is 35.5. The van der Waals surface area contributed by atoms with Crippen molar-refractivity contribution >= 4 is 17.3 Å². The molecule has 2 aromatic rings. The summed E-state index contributed by atoms with van der Waals surface area (Å²) in [6.45, 7) is 4.32. The molecule has 1 atom stereocenters. The van der Waals surface area contributed by atoms with Crippen LogP contribution in [0.5, 0.6) is 11.5 Å². The number of nitrogens with zero attached hydrogens (tertiary/aromatic N) is 1. The van der Waals surface area contributed by atoms with Gasteiger partial charge in [-0.1, -0.05) is 60.9 Å². The second-order valence-corrected chi connectivity index (χ2v) is 7.08. The summed E-state index contributed by atoms with van der Waals surface area (Å²) < 4.78 is 12.1. The molecule has 0 radical (unpaired) electrons. The third-order valence-electron chi connectivity index (χ3n) is 4.47. The number of oxime groups is 1. The van der Waals surface area contributed by atoms with E-state index >= 15 is 0 Å². The molecule has 1 aliphatic rings. The molecule has 0 saturated heterocycles. The molecule has 0 amide bonds. The first-order chi connectivity index (χ1) is 13.0. The summed E-state index contributed by atoms with van der Waals surface area (Å²) in [5.41, 5.74) is 0.482. The number of para-hydroxylation sites is 1. The number of allylic oxidation sites excluding steroid dienone is 2. The molecule has 0 aromatic heterocycles. The van der Waals surface area contributed by atoms with E-state index in [1.165, 1.54) is 0 Å². The summed E-state index contributed by atoms with van der Waals surface area (Å²) in [5, 5.41) is 13.4. The van der Waals surface area contributed by atoms with Gasteiger partial charge in [0, 0.05) is 5.03 Å². The van der Waals surface area contributed by atoms with Gasteiger partial charge in [-0.05, 0) is 54.0 Å². The highest BCUT2D eigenvalue weighted by molar-refractivity contribution is 6.32. The van der Waals surface area contributed by atoms with E-state index in [1.54, 1.807) is 18.2 Å². The van der Waals surface area contributed by atoms with E-state index in [9.17, 15) is 5.21 Å². The summed E-state index contributed by atoms with van der Waals surface area (Å²) >= 11 is 6.20. The summed E-state index contributed by atoms with van der Waals surface area (Å²) in [7, 11) is 0. The minimum atomic E-state index is -0.892. The van der Waals surface area contributed by atoms with Crippen molar-refractivity contribution in [1.29, 1.82) is 0 Å². The smallest absolute Gasteiger partial charge is 0.136 e. The second-order valence-electron chi connectivity index (χ2n) is 6.65. The van der Waals surface area contributed by atoms with Crippen LogP contribution < -0.4 is 4.74 Å². The molecule has 0 heterocycles. The molecule has 0 aliphatic heterocycles. The number of rotatable bonds is 6. The van der Waals surface area contributed by atoms with Crippen LogP contribution in [0, 0.1) is 5.92 Å². The predicted octanol–water partition coefficient (Wildman–Crippen LogP) is 5.91. The standard InChI is InChI=1S/C22H22ClNO3/c1-16(2)22(14-18(23)11-12-21(22)24-25)26-15-17-7-6-10-20(13-17)27-19-8-4-3-5-9-19/h3-14,16,25H,15H2,1-2H3/b24-21+. The minimum Gasteiger partial charge on any atom is -0.457 e. The van der Waals surface area contributed by atoms with Crippen molar-refractivity contribution < 1.29 is 14.7 Å². The second kappa shape index (κ2) is 8.42. The van der Waals surface area contributed by atoms with E-state index in [-0.39, 0.29) is 5.92 Å². The zero-order chi connectivity index (χ0) is 19.3. The third-order valence-corrected chi connectivity index (χ3v) is 4.71. The van der Waals surface area contributed by atoms with Crippen LogP contribution in [0.2, 0.25) is 0 Å². The van der Waals surface area contributed by atoms with Crippen LogP contribution in [0.25, 0.3) is 0 Å². The Labute approximate surface area is 164 Å². The van der Waals surface area contributed by atoms with E-state index in [2.05, 4.69) is 5.16 Å². The molecular weight excluding hydrogens is 362 g/mol. The number of hydrogen-bond donors (Lipinski definition) is 1. The van der Waals surface area contributed by atoms with Crippen molar-refractivity contribution in [2.75, 3.05) is 0 Å². The highest BCUT2D eigenvalue weighted by Crippen LogP contribution is 2.33. The van der Waals surface area contributed by atoms with E-state index in [0.29, 0.717) is 17.4 Å². The van der Waals surface area contributed by atoms with Gasteiger partial charge in [0.2, 0.25) is 0 Å². The molecular formula is C22H22ClNO3. The Morgan fingerprint density at radius 3 is 2.48 bits per heavy atom. The minimum absolute atomic E-state index is 0.0193. The summed E-state index contributed by atoms with van der Waals surface area (Å²) in [6.07, 6.45) is 5.16. The van der Waals surface area contributed by atoms with Gasteiger partial charge >= 0.3 is 0 Å². The van der Waals surface area contributed by atoms with Gasteiger partial charge in [-0.3, -0.25) is 0 Å². The molecule has 5 heteroatoms. The number of halogens is 1. The third kappa shape index (κ3) is 4.41. The van der Waals surface area contributed by atoms with Crippen LogP contribution in [-0.2, 0) is 11.3 Å². The van der Waals surface area contributed by atoms with Crippen LogP contribution in [0.4, 0.5) is 0 Å². The Morgan fingerprint density at radius 1 is 1.04 bits per heavy atom. The van der Waals surface area contributed by atoms with Gasteiger partial charge in [0.25, 0.3) is 0 Å². The zero-order valence-corrected chi connectivity index (χ0v) is 16.1. The number of ether oxygens (including phenoxy) is 2. The molecule has 0 bridgehead atoms. The normalized spacial score (nSPS) is 20.7. The molecule has 0 spiro atoms. The van der Waals surface area contributed by atoms with Crippen molar-refractivity contribution in [3.8, 4) is 11.5 Å². The van der Waals surface area contributed by atoms with Gasteiger partial charge in [-0.15, -0.1) is 0 Å². The van der Waals surface area contributed by atoms with E-state index in [4.69, 9.17) is 21.1 Å². The Bertz CT molecular complexity index is 874. The van der Waals surface area contributed by atoms with E-state index in [0.717, 1.165) is 17.1 Å². The van der Waals surface area contributed by atoms with Crippen LogP contribution in [0.1, 0.15) is 19.4 Å². The van der Waals surface area contributed by atoms with Crippen molar-refractivity contribution in [2.45, 2.75) is 26.1 Å². The topological polar surface area (TPSA) is 51.0 Å². The first-order valence-electron chi connectivity index (χ1n) is 8.78. The predicted molar refractivity (Wildman–Crippen MR) is 108 cm³/mol. The summed E-state index contributed by atoms with van der Waals surface area (Å²) in [4.78, 5) is 0. The lowest BCUT2D eigenvalue weighted by Crippen LogP contribution is -2.45. The Hall–Kier alpha value is -2.56. The van der Waals surface area contributed by atoms with Gasteiger partial charge in [0.15, 0.2) is 0 Å². The van der Waals surface area contributed by atoms with Crippen LogP contribution >= 0.6 is 11.6 Å². The Morgan fingerprint density at radius 2 is 1.78 bits per heavy atom. The Kier molecular flexibility index (Phi) is 5.99. The lowest BCUT2D eigenvalue weighted by molar-refractivity contribution is -0.00321.